The van der Waals surface area contributed by atoms with Gasteiger partial charge in [0.25, 0.3) is 0 Å². The van der Waals surface area contributed by atoms with Crippen molar-refractivity contribution in [2.45, 2.75) is 11.8 Å². The molecule has 2 rings (SSSR count). The first-order valence-corrected chi connectivity index (χ1v) is 6.90. The van der Waals surface area contributed by atoms with Crippen LogP contribution in [0.3, 0.4) is 0 Å². The number of hydrogen-bond donors (Lipinski definition) is 2. The molecule has 0 bridgehead atoms. The molecule has 1 atom stereocenters. The van der Waals surface area contributed by atoms with Crippen LogP contribution in [-0.4, -0.2) is 18.3 Å². The number of hydrogen-bond acceptors (Lipinski definition) is 2. The Kier molecular flexibility index (Phi) is 4.93. The van der Waals surface area contributed by atoms with E-state index in [9.17, 15) is 13.9 Å². The Labute approximate surface area is 127 Å². The lowest BCUT2D eigenvalue weighted by molar-refractivity contribution is 0.192. The minimum Gasteiger partial charge on any atom is -0.395 e. The third-order valence-corrected chi connectivity index (χ3v) is 3.95. The zero-order chi connectivity index (χ0) is 15.5. The molecule has 5 heteroatoms. The van der Waals surface area contributed by atoms with Crippen LogP contribution in [0.1, 0.15) is 11.1 Å². The van der Waals surface area contributed by atoms with Crippen LogP contribution in [0.4, 0.5) is 8.78 Å². The van der Waals surface area contributed by atoms with Crippen molar-refractivity contribution in [1.82, 2.24) is 0 Å². The normalized spacial score (nSPS) is 14.0. The molecule has 0 heterocycles. The summed E-state index contributed by atoms with van der Waals surface area (Å²) in [5, 5.41) is 9.78. The van der Waals surface area contributed by atoms with Crippen LogP contribution in [0.2, 0.25) is 5.02 Å². The van der Waals surface area contributed by atoms with Gasteiger partial charge < -0.3 is 10.8 Å². The van der Waals surface area contributed by atoms with Gasteiger partial charge in [-0.3, -0.25) is 0 Å². The monoisotopic (exact) mass is 311 g/mol. The Bertz CT molecular complexity index is 629. The number of benzene rings is 2. The van der Waals surface area contributed by atoms with Crippen molar-refractivity contribution in [1.29, 1.82) is 0 Å². The van der Waals surface area contributed by atoms with Crippen molar-refractivity contribution in [2.75, 3.05) is 13.2 Å². The van der Waals surface area contributed by atoms with Crippen LogP contribution in [0, 0.1) is 11.6 Å². The van der Waals surface area contributed by atoms with Gasteiger partial charge in [-0.05, 0) is 35.7 Å². The fourth-order valence-corrected chi connectivity index (χ4v) is 2.62. The number of aliphatic hydroxyl groups excluding tert-OH is 1. The van der Waals surface area contributed by atoms with E-state index in [1.54, 1.807) is 24.3 Å². The van der Waals surface area contributed by atoms with Gasteiger partial charge in [0.05, 0.1) is 11.6 Å². The number of halogens is 3. The minimum atomic E-state index is -0.966. The maximum absolute atomic E-state index is 14.1. The van der Waals surface area contributed by atoms with E-state index in [0.29, 0.717) is 11.1 Å². The highest BCUT2D eigenvalue weighted by Crippen LogP contribution is 2.30. The molecule has 0 saturated carbocycles. The molecule has 2 aromatic rings. The zero-order valence-electron chi connectivity index (χ0n) is 11.3. The molecule has 112 valence electrons. The Morgan fingerprint density at radius 3 is 2.38 bits per heavy atom. The first kappa shape index (κ1) is 15.9. The Hall–Kier alpha value is -1.49. The number of nitrogens with two attached hydrogens (primary N) is 1. The van der Waals surface area contributed by atoms with Gasteiger partial charge in [0, 0.05) is 12.0 Å². The van der Waals surface area contributed by atoms with Crippen molar-refractivity contribution in [2.24, 2.45) is 5.73 Å². The quantitative estimate of drug-likeness (QED) is 0.891. The lowest BCUT2D eigenvalue weighted by Crippen LogP contribution is -2.41. The zero-order valence-corrected chi connectivity index (χ0v) is 12.1. The lowest BCUT2D eigenvalue weighted by atomic mass is 9.76. The number of rotatable bonds is 5. The van der Waals surface area contributed by atoms with Crippen molar-refractivity contribution in [3.63, 3.8) is 0 Å². The molecule has 2 aromatic carbocycles. The van der Waals surface area contributed by atoms with Gasteiger partial charge in [-0.15, -0.1) is 0 Å². The summed E-state index contributed by atoms with van der Waals surface area (Å²) >= 11 is 5.76. The molecular formula is C16H16ClF2NO. The summed E-state index contributed by atoms with van der Waals surface area (Å²) in [6, 6.07) is 10.5. The van der Waals surface area contributed by atoms with E-state index in [1.165, 1.54) is 18.2 Å². The molecule has 2 nitrogen and oxygen atoms in total. The molecular weight excluding hydrogens is 296 g/mol. The molecule has 1 unspecified atom stereocenters. The SMILES string of the molecule is NCC(CO)(Cc1ccc(F)c(Cl)c1)c1ccccc1F. The fraction of sp³-hybridized carbons (Fsp3) is 0.250. The summed E-state index contributed by atoms with van der Waals surface area (Å²) in [5.41, 5.74) is 5.86. The molecule has 0 spiro atoms. The molecule has 0 aromatic heterocycles. The van der Waals surface area contributed by atoms with Crippen molar-refractivity contribution >= 4 is 11.6 Å². The average Bonchev–Trinajstić information content (AvgIpc) is 2.49. The molecule has 0 radical (unpaired) electrons. The smallest absolute Gasteiger partial charge is 0.141 e. The fourth-order valence-electron chi connectivity index (χ4n) is 2.41. The van der Waals surface area contributed by atoms with E-state index < -0.39 is 17.0 Å². The maximum atomic E-state index is 14.1. The summed E-state index contributed by atoms with van der Waals surface area (Å²) < 4.78 is 27.3. The van der Waals surface area contributed by atoms with Gasteiger partial charge >= 0.3 is 0 Å². The second-order valence-corrected chi connectivity index (χ2v) is 5.45. The molecule has 0 fully saturated rings. The second kappa shape index (κ2) is 6.52. The van der Waals surface area contributed by atoms with Crippen LogP contribution in [0.5, 0.6) is 0 Å². The predicted molar refractivity (Wildman–Crippen MR) is 79.3 cm³/mol. The molecule has 3 N–H and O–H groups in total. The van der Waals surface area contributed by atoms with Crippen molar-refractivity contribution in [3.05, 3.63) is 70.2 Å². The van der Waals surface area contributed by atoms with Gasteiger partial charge in [-0.2, -0.15) is 0 Å². The molecule has 0 saturated heterocycles. The highest BCUT2D eigenvalue weighted by Gasteiger charge is 2.33. The lowest BCUT2D eigenvalue weighted by Gasteiger charge is -2.31. The molecule has 0 amide bonds. The van der Waals surface area contributed by atoms with Crippen LogP contribution < -0.4 is 5.73 Å². The molecule has 0 aliphatic rings. The van der Waals surface area contributed by atoms with Gasteiger partial charge in [0.1, 0.15) is 11.6 Å². The third-order valence-electron chi connectivity index (χ3n) is 3.67. The van der Waals surface area contributed by atoms with Gasteiger partial charge in [-0.1, -0.05) is 35.9 Å². The first-order chi connectivity index (χ1) is 10.0. The predicted octanol–water partition coefficient (Wildman–Crippen LogP) is 3.05. The number of aliphatic hydroxyl groups is 1. The van der Waals surface area contributed by atoms with E-state index in [1.807, 2.05) is 0 Å². The van der Waals surface area contributed by atoms with E-state index in [-0.39, 0.29) is 24.6 Å². The van der Waals surface area contributed by atoms with E-state index in [4.69, 9.17) is 17.3 Å². The Balaban J connectivity index is 2.43. The summed E-state index contributed by atoms with van der Waals surface area (Å²) in [6.45, 7) is -0.265. The van der Waals surface area contributed by atoms with Crippen molar-refractivity contribution in [3.8, 4) is 0 Å². The van der Waals surface area contributed by atoms with E-state index in [0.717, 1.165) is 0 Å². The second-order valence-electron chi connectivity index (χ2n) is 5.05. The van der Waals surface area contributed by atoms with E-state index >= 15 is 0 Å². The Morgan fingerprint density at radius 2 is 1.81 bits per heavy atom. The van der Waals surface area contributed by atoms with Gasteiger partial charge in [0.15, 0.2) is 0 Å². The third kappa shape index (κ3) is 3.23. The summed E-state index contributed by atoms with van der Waals surface area (Å²) in [6.07, 6.45) is 0.265. The molecule has 0 aliphatic heterocycles. The Morgan fingerprint density at radius 1 is 1.10 bits per heavy atom. The van der Waals surface area contributed by atoms with Gasteiger partial charge in [-0.25, -0.2) is 8.78 Å². The largest absolute Gasteiger partial charge is 0.395 e. The molecule has 0 aliphatic carbocycles. The maximum Gasteiger partial charge on any atom is 0.141 e. The standard InChI is InChI=1S/C16H16ClF2NO/c17-13-7-11(5-6-15(13)19)8-16(9-20,10-21)12-3-1-2-4-14(12)18/h1-7,21H,8-10,20H2. The topological polar surface area (TPSA) is 46.2 Å². The summed E-state index contributed by atoms with van der Waals surface area (Å²) in [5.74, 6) is -0.945. The summed E-state index contributed by atoms with van der Waals surface area (Å²) in [7, 11) is 0. The summed E-state index contributed by atoms with van der Waals surface area (Å²) in [4.78, 5) is 0. The van der Waals surface area contributed by atoms with Crippen molar-refractivity contribution < 1.29 is 13.9 Å². The van der Waals surface area contributed by atoms with E-state index in [2.05, 4.69) is 0 Å². The highest BCUT2D eigenvalue weighted by atomic mass is 35.5. The van der Waals surface area contributed by atoms with Crippen LogP contribution in [-0.2, 0) is 11.8 Å². The van der Waals surface area contributed by atoms with Crippen LogP contribution in [0.15, 0.2) is 42.5 Å². The first-order valence-electron chi connectivity index (χ1n) is 6.52. The van der Waals surface area contributed by atoms with Gasteiger partial charge in [0.2, 0.25) is 0 Å². The van der Waals surface area contributed by atoms with Crippen LogP contribution >= 0.6 is 11.6 Å². The molecule has 21 heavy (non-hydrogen) atoms. The minimum absolute atomic E-state index is 0.00936. The van der Waals surface area contributed by atoms with Crippen LogP contribution in [0.25, 0.3) is 0 Å². The average molecular weight is 312 g/mol. The highest BCUT2D eigenvalue weighted by molar-refractivity contribution is 6.30.